The molecule has 160 valence electrons. The van der Waals surface area contributed by atoms with E-state index in [1.54, 1.807) is 0 Å². The van der Waals surface area contributed by atoms with Crippen LogP contribution in [0.2, 0.25) is 5.02 Å². The van der Waals surface area contributed by atoms with Gasteiger partial charge in [0.05, 0.1) is 17.9 Å². The molecule has 1 fully saturated rings. The lowest BCUT2D eigenvalue weighted by atomic mass is 9.67. The molecule has 30 heavy (non-hydrogen) atoms. The minimum absolute atomic E-state index is 0.132. The maximum Gasteiger partial charge on any atom is 0.108 e. The highest BCUT2D eigenvalue weighted by molar-refractivity contribution is 6.30. The fraction of sp³-hybridized carbons (Fsp3) is 0.480. The van der Waals surface area contributed by atoms with Gasteiger partial charge in [-0.15, -0.1) is 0 Å². The molecule has 1 saturated carbocycles. The first-order chi connectivity index (χ1) is 14.4. The third-order valence-corrected chi connectivity index (χ3v) is 6.80. The van der Waals surface area contributed by atoms with E-state index in [1.807, 2.05) is 18.2 Å². The van der Waals surface area contributed by atoms with Crippen LogP contribution in [-0.2, 0) is 13.0 Å². The SMILES string of the molecule is CN(C)c1cc2c(cc1N(C)C)NC(=NCc1cccc(Cl)c1)C1(CCCCC1)C2. The molecule has 1 spiro atoms. The van der Waals surface area contributed by atoms with Gasteiger partial charge in [-0.3, -0.25) is 4.99 Å². The summed E-state index contributed by atoms with van der Waals surface area (Å²) in [6.45, 7) is 0.663. The molecule has 0 unspecified atom stereocenters. The van der Waals surface area contributed by atoms with Gasteiger partial charge in [-0.05, 0) is 54.7 Å². The van der Waals surface area contributed by atoms with Gasteiger partial charge in [0.15, 0.2) is 0 Å². The van der Waals surface area contributed by atoms with Gasteiger partial charge < -0.3 is 15.1 Å². The van der Waals surface area contributed by atoms with Crippen LogP contribution in [0.25, 0.3) is 0 Å². The Labute approximate surface area is 185 Å². The Hall–Kier alpha value is -2.20. The van der Waals surface area contributed by atoms with Crippen molar-refractivity contribution in [3.05, 3.63) is 52.5 Å². The third-order valence-electron chi connectivity index (χ3n) is 6.57. The van der Waals surface area contributed by atoms with Crippen molar-refractivity contribution >= 4 is 34.5 Å². The summed E-state index contributed by atoms with van der Waals surface area (Å²) in [5.74, 6) is 1.16. The molecule has 4 rings (SSSR count). The van der Waals surface area contributed by atoms with E-state index in [9.17, 15) is 0 Å². The number of amidine groups is 1. The number of hydrogen-bond acceptors (Lipinski definition) is 3. The number of nitrogens with zero attached hydrogens (tertiary/aromatic N) is 3. The van der Waals surface area contributed by atoms with Crippen LogP contribution >= 0.6 is 11.6 Å². The number of hydrogen-bond donors (Lipinski definition) is 1. The molecule has 1 heterocycles. The lowest BCUT2D eigenvalue weighted by Gasteiger charge is -2.43. The molecule has 2 aromatic carbocycles. The largest absolute Gasteiger partial charge is 0.376 e. The van der Waals surface area contributed by atoms with Crippen LogP contribution in [0.1, 0.15) is 43.2 Å². The molecule has 1 N–H and O–H groups in total. The van der Waals surface area contributed by atoms with Gasteiger partial charge in [0.2, 0.25) is 0 Å². The van der Waals surface area contributed by atoms with Crippen molar-refractivity contribution in [3.8, 4) is 0 Å². The van der Waals surface area contributed by atoms with Crippen LogP contribution in [0, 0.1) is 5.41 Å². The summed E-state index contributed by atoms with van der Waals surface area (Å²) in [6, 6.07) is 12.7. The highest BCUT2D eigenvalue weighted by atomic mass is 35.5. The Bertz CT molecular complexity index is 942. The van der Waals surface area contributed by atoms with Crippen molar-refractivity contribution in [2.75, 3.05) is 43.3 Å². The second kappa shape index (κ2) is 8.50. The van der Waals surface area contributed by atoms with E-state index < -0.39 is 0 Å². The van der Waals surface area contributed by atoms with Gasteiger partial charge in [0.1, 0.15) is 5.84 Å². The average Bonchev–Trinajstić information content (AvgIpc) is 2.72. The topological polar surface area (TPSA) is 30.9 Å². The van der Waals surface area contributed by atoms with E-state index in [4.69, 9.17) is 16.6 Å². The van der Waals surface area contributed by atoms with E-state index in [0.717, 1.165) is 22.8 Å². The van der Waals surface area contributed by atoms with Crippen LogP contribution in [0.4, 0.5) is 17.1 Å². The molecule has 0 saturated heterocycles. The maximum absolute atomic E-state index is 6.19. The van der Waals surface area contributed by atoms with Crippen molar-refractivity contribution < 1.29 is 0 Å². The lowest BCUT2D eigenvalue weighted by Crippen LogP contribution is -2.43. The standard InChI is InChI=1S/C25H33ClN4/c1-29(2)22-14-19-16-25(11-6-5-7-12-25)24(28-21(19)15-23(22)30(3)4)27-17-18-9-8-10-20(26)13-18/h8-10,13-15H,5-7,11-12,16-17H2,1-4H3,(H,27,28). The van der Waals surface area contributed by atoms with Crippen LogP contribution in [0.3, 0.4) is 0 Å². The highest BCUT2D eigenvalue weighted by Gasteiger charge is 2.41. The first-order valence-corrected chi connectivity index (χ1v) is 11.3. The predicted octanol–water partition coefficient (Wildman–Crippen LogP) is 5.99. The molecule has 0 aromatic heterocycles. The first-order valence-electron chi connectivity index (χ1n) is 11.0. The molecule has 5 heteroatoms. The molecule has 0 radical (unpaired) electrons. The summed E-state index contributed by atoms with van der Waals surface area (Å²) >= 11 is 6.19. The molecule has 1 aliphatic heterocycles. The second-order valence-corrected chi connectivity index (χ2v) is 9.66. The number of rotatable bonds is 4. The van der Waals surface area contributed by atoms with E-state index in [2.05, 4.69) is 61.5 Å². The van der Waals surface area contributed by atoms with Gasteiger partial charge in [0, 0.05) is 44.3 Å². The van der Waals surface area contributed by atoms with Crippen molar-refractivity contribution in [1.82, 2.24) is 0 Å². The quantitative estimate of drug-likeness (QED) is 0.653. The predicted molar refractivity (Wildman–Crippen MR) is 131 cm³/mol. The highest BCUT2D eigenvalue weighted by Crippen LogP contribution is 2.47. The summed E-state index contributed by atoms with van der Waals surface area (Å²) in [6.07, 6.45) is 7.38. The Kier molecular flexibility index (Phi) is 5.97. The zero-order chi connectivity index (χ0) is 21.3. The molecular weight excluding hydrogens is 392 g/mol. The Morgan fingerprint density at radius 1 is 0.967 bits per heavy atom. The zero-order valence-electron chi connectivity index (χ0n) is 18.6. The van der Waals surface area contributed by atoms with Crippen LogP contribution in [-0.4, -0.2) is 34.0 Å². The summed E-state index contributed by atoms with van der Waals surface area (Å²) in [7, 11) is 8.46. The van der Waals surface area contributed by atoms with Gasteiger partial charge in [-0.25, -0.2) is 0 Å². The Morgan fingerprint density at radius 2 is 1.67 bits per heavy atom. The minimum Gasteiger partial charge on any atom is -0.376 e. The number of anilines is 3. The smallest absolute Gasteiger partial charge is 0.108 e. The van der Waals surface area contributed by atoms with E-state index in [1.165, 1.54) is 54.7 Å². The number of fused-ring (bicyclic) bond motifs is 1. The maximum atomic E-state index is 6.19. The molecule has 1 aliphatic carbocycles. The lowest BCUT2D eigenvalue weighted by molar-refractivity contribution is 0.278. The molecule has 0 atom stereocenters. The first kappa shape index (κ1) is 21.0. The number of aliphatic imine (C=N–C) groups is 1. The number of nitrogens with one attached hydrogen (secondary N) is 1. The third kappa shape index (κ3) is 4.15. The molecule has 0 bridgehead atoms. The second-order valence-electron chi connectivity index (χ2n) is 9.22. The molecule has 0 amide bonds. The van der Waals surface area contributed by atoms with E-state index >= 15 is 0 Å². The summed E-state index contributed by atoms with van der Waals surface area (Å²) in [5.41, 5.74) is 6.39. The average molecular weight is 425 g/mol. The van der Waals surface area contributed by atoms with Crippen molar-refractivity contribution in [1.29, 1.82) is 0 Å². The van der Waals surface area contributed by atoms with Crippen molar-refractivity contribution in [3.63, 3.8) is 0 Å². The number of benzene rings is 2. The normalized spacial score (nSPS) is 18.8. The summed E-state index contributed by atoms with van der Waals surface area (Å²) in [5, 5.41) is 4.55. The Morgan fingerprint density at radius 3 is 2.33 bits per heavy atom. The fourth-order valence-corrected chi connectivity index (χ4v) is 5.18. The minimum atomic E-state index is 0.132. The monoisotopic (exact) mass is 424 g/mol. The summed E-state index contributed by atoms with van der Waals surface area (Å²) < 4.78 is 0. The van der Waals surface area contributed by atoms with Crippen molar-refractivity contribution in [2.45, 2.75) is 45.1 Å². The molecule has 2 aromatic rings. The van der Waals surface area contributed by atoms with E-state index in [0.29, 0.717) is 6.54 Å². The molecule has 2 aliphatic rings. The van der Waals surface area contributed by atoms with Gasteiger partial charge in [-0.2, -0.15) is 0 Å². The summed E-state index contributed by atoms with van der Waals surface area (Å²) in [4.78, 5) is 9.53. The molecular formula is C25H33ClN4. The van der Waals surface area contributed by atoms with Crippen molar-refractivity contribution in [2.24, 2.45) is 10.4 Å². The van der Waals surface area contributed by atoms with E-state index in [-0.39, 0.29) is 5.41 Å². The van der Waals surface area contributed by atoms with Crippen LogP contribution in [0.15, 0.2) is 41.4 Å². The molecule has 4 nitrogen and oxygen atoms in total. The van der Waals surface area contributed by atoms with Gasteiger partial charge in [-0.1, -0.05) is 43.0 Å². The van der Waals surface area contributed by atoms with Crippen LogP contribution in [0.5, 0.6) is 0 Å². The van der Waals surface area contributed by atoms with Gasteiger partial charge in [0.25, 0.3) is 0 Å². The fourth-order valence-electron chi connectivity index (χ4n) is 4.96. The van der Waals surface area contributed by atoms with Gasteiger partial charge >= 0.3 is 0 Å². The Balaban J connectivity index is 1.73. The zero-order valence-corrected chi connectivity index (χ0v) is 19.4. The van der Waals surface area contributed by atoms with Crippen LogP contribution < -0.4 is 15.1 Å². The number of halogens is 1.